The largest absolute Gasteiger partial charge is 0.462 e. The van der Waals surface area contributed by atoms with E-state index >= 15 is 0 Å². The predicted molar refractivity (Wildman–Crippen MR) is 288 cm³/mol. The Balaban J connectivity index is 4.31. The number of esters is 3. The second kappa shape index (κ2) is 54.7. The molecule has 6 heteroatoms. The summed E-state index contributed by atoms with van der Waals surface area (Å²) >= 11 is 0. The Hall–Kier alpha value is -3.93. The summed E-state index contributed by atoms with van der Waals surface area (Å²) in [5.74, 6) is -0.937. The molecule has 0 aromatic heterocycles. The van der Waals surface area contributed by atoms with Crippen LogP contribution in [-0.4, -0.2) is 37.2 Å². The zero-order valence-electron chi connectivity index (χ0n) is 43.4. The average Bonchev–Trinajstić information content (AvgIpc) is 3.33. The molecule has 0 heterocycles. The van der Waals surface area contributed by atoms with E-state index < -0.39 is 6.10 Å². The van der Waals surface area contributed by atoms with Crippen molar-refractivity contribution >= 4 is 17.9 Å². The molecule has 0 aliphatic carbocycles. The standard InChI is InChI=1S/C61H100O6/c1-4-7-10-13-16-19-22-24-25-26-27-28-29-30-31-32-33-34-35-36-37-38-40-42-45-48-51-54-60(63)66-57-58(56-65-59(62)53-50-47-44-41-21-18-15-12-9-6-3)67-61(64)55-52-49-46-43-39-23-20-17-14-11-8-5-2/h7,10,12,15-17,19-20,24-25,27-28,30-31,33-34,36-37,58H,4-6,8-9,11,13-14,18,21-23,26,29,32,35,38-57H2,1-3H3/b10-7-,15-12-,19-16-,20-17-,25-24-,28-27-,31-30-,34-33-,37-36-. The van der Waals surface area contributed by atoms with Crippen molar-refractivity contribution in [2.24, 2.45) is 0 Å². The van der Waals surface area contributed by atoms with E-state index in [4.69, 9.17) is 14.2 Å². The molecule has 6 nitrogen and oxygen atoms in total. The van der Waals surface area contributed by atoms with Crippen molar-refractivity contribution < 1.29 is 28.6 Å². The Morgan fingerprint density at radius 1 is 0.313 bits per heavy atom. The molecule has 1 atom stereocenters. The number of allylic oxidation sites excluding steroid dienone is 18. The van der Waals surface area contributed by atoms with Gasteiger partial charge in [0, 0.05) is 19.3 Å². The van der Waals surface area contributed by atoms with Crippen molar-refractivity contribution in [1.29, 1.82) is 0 Å². The Kier molecular flexibility index (Phi) is 51.5. The molecule has 0 saturated carbocycles. The molecule has 0 rings (SSSR count). The first-order chi connectivity index (χ1) is 33.0. The fourth-order valence-electron chi connectivity index (χ4n) is 7.12. The third-order valence-electron chi connectivity index (χ3n) is 11.2. The Bertz CT molecular complexity index is 1390. The predicted octanol–water partition coefficient (Wildman–Crippen LogP) is 18.3. The first-order valence-corrected chi connectivity index (χ1v) is 27.4. The molecule has 0 aliphatic rings. The highest BCUT2D eigenvalue weighted by atomic mass is 16.6. The second-order valence-corrected chi connectivity index (χ2v) is 17.7. The summed E-state index contributed by atoms with van der Waals surface area (Å²) in [6, 6.07) is 0. The smallest absolute Gasteiger partial charge is 0.306 e. The van der Waals surface area contributed by atoms with Gasteiger partial charge >= 0.3 is 17.9 Å². The number of ether oxygens (including phenoxy) is 3. The molecule has 1 unspecified atom stereocenters. The van der Waals surface area contributed by atoms with Crippen LogP contribution in [0.1, 0.15) is 239 Å². The molecule has 0 aromatic carbocycles. The van der Waals surface area contributed by atoms with Crippen molar-refractivity contribution in [3.05, 3.63) is 109 Å². The lowest BCUT2D eigenvalue weighted by Gasteiger charge is -2.18. The number of unbranched alkanes of at least 4 members (excludes halogenated alkanes) is 19. The fraction of sp³-hybridized carbons (Fsp3) is 0.656. The normalized spacial score (nSPS) is 12.9. The second-order valence-electron chi connectivity index (χ2n) is 17.7. The summed E-state index contributed by atoms with van der Waals surface area (Å²) in [4.78, 5) is 37.9. The van der Waals surface area contributed by atoms with E-state index in [2.05, 4.69) is 130 Å². The average molecular weight is 929 g/mol. The van der Waals surface area contributed by atoms with E-state index in [9.17, 15) is 14.4 Å². The lowest BCUT2D eigenvalue weighted by Crippen LogP contribution is -2.30. The lowest BCUT2D eigenvalue weighted by atomic mass is 10.1. The van der Waals surface area contributed by atoms with Gasteiger partial charge in [0.1, 0.15) is 13.2 Å². The van der Waals surface area contributed by atoms with Gasteiger partial charge in [-0.05, 0) is 122 Å². The summed E-state index contributed by atoms with van der Waals surface area (Å²) in [6.45, 7) is 6.39. The van der Waals surface area contributed by atoms with Crippen molar-refractivity contribution in [1.82, 2.24) is 0 Å². The number of hydrogen-bond donors (Lipinski definition) is 0. The molecular weight excluding hydrogens is 829 g/mol. The number of carbonyl (C=O) groups is 3. The fourth-order valence-corrected chi connectivity index (χ4v) is 7.12. The summed E-state index contributed by atoms with van der Waals surface area (Å²) in [6.07, 6.45) is 73.7. The van der Waals surface area contributed by atoms with Gasteiger partial charge in [0.05, 0.1) is 0 Å². The van der Waals surface area contributed by atoms with Crippen molar-refractivity contribution in [2.45, 2.75) is 245 Å². The molecule has 0 aromatic rings. The van der Waals surface area contributed by atoms with E-state index in [1.165, 1.54) is 44.9 Å². The molecule has 0 radical (unpaired) electrons. The SMILES string of the molecule is CC/C=C\C/C=C\C/C=C\C/C=C\C/C=C\C/C=C\C/C=C\CCCCCCCC(=O)OCC(COC(=O)CCCCCCC/C=C\CCC)OC(=O)CCCCCCC/C=C\CCCCC. The molecule has 67 heavy (non-hydrogen) atoms. The van der Waals surface area contributed by atoms with Crippen LogP contribution in [0.5, 0.6) is 0 Å². The highest BCUT2D eigenvalue weighted by Crippen LogP contribution is 2.13. The van der Waals surface area contributed by atoms with Gasteiger partial charge in [-0.3, -0.25) is 14.4 Å². The topological polar surface area (TPSA) is 78.9 Å². The van der Waals surface area contributed by atoms with Gasteiger partial charge in [-0.1, -0.05) is 207 Å². The van der Waals surface area contributed by atoms with Gasteiger partial charge in [-0.25, -0.2) is 0 Å². The van der Waals surface area contributed by atoms with Crippen LogP contribution >= 0.6 is 0 Å². The molecule has 0 amide bonds. The Labute approximate surface area is 412 Å². The van der Waals surface area contributed by atoms with E-state index in [-0.39, 0.29) is 31.1 Å². The highest BCUT2D eigenvalue weighted by molar-refractivity contribution is 5.71. The van der Waals surface area contributed by atoms with Crippen LogP contribution < -0.4 is 0 Å². The molecule has 0 spiro atoms. The van der Waals surface area contributed by atoms with Gasteiger partial charge in [0.2, 0.25) is 0 Å². The van der Waals surface area contributed by atoms with Crippen molar-refractivity contribution in [2.75, 3.05) is 13.2 Å². The molecule has 380 valence electrons. The van der Waals surface area contributed by atoms with Crippen molar-refractivity contribution in [3.63, 3.8) is 0 Å². The molecule has 0 bridgehead atoms. The minimum absolute atomic E-state index is 0.0935. The van der Waals surface area contributed by atoms with E-state index in [0.29, 0.717) is 19.3 Å². The lowest BCUT2D eigenvalue weighted by molar-refractivity contribution is -0.167. The first kappa shape index (κ1) is 63.1. The zero-order chi connectivity index (χ0) is 48.6. The maximum absolute atomic E-state index is 12.8. The minimum Gasteiger partial charge on any atom is -0.462 e. The molecular formula is C61H100O6. The van der Waals surface area contributed by atoms with Crippen LogP contribution in [0, 0.1) is 0 Å². The third-order valence-corrected chi connectivity index (χ3v) is 11.2. The minimum atomic E-state index is -0.794. The van der Waals surface area contributed by atoms with Crippen LogP contribution in [0.25, 0.3) is 0 Å². The van der Waals surface area contributed by atoms with Gasteiger partial charge in [-0.15, -0.1) is 0 Å². The number of rotatable bonds is 48. The van der Waals surface area contributed by atoms with E-state index in [0.717, 1.165) is 154 Å². The first-order valence-electron chi connectivity index (χ1n) is 27.4. The molecule has 0 fully saturated rings. The number of carbonyl (C=O) groups excluding carboxylic acids is 3. The molecule has 0 N–H and O–H groups in total. The Morgan fingerprint density at radius 3 is 0.985 bits per heavy atom. The van der Waals surface area contributed by atoms with Crippen LogP contribution in [0.4, 0.5) is 0 Å². The van der Waals surface area contributed by atoms with Gasteiger partial charge in [-0.2, -0.15) is 0 Å². The maximum atomic E-state index is 12.8. The van der Waals surface area contributed by atoms with Crippen LogP contribution in [-0.2, 0) is 28.6 Å². The van der Waals surface area contributed by atoms with Gasteiger partial charge < -0.3 is 14.2 Å². The third kappa shape index (κ3) is 52.9. The quantitative estimate of drug-likeness (QED) is 0.0262. The number of hydrogen-bond acceptors (Lipinski definition) is 6. The van der Waals surface area contributed by atoms with Crippen molar-refractivity contribution in [3.8, 4) is 0 Å². The molecule has 0 aliphatic heterocycles. The summed E-state index contributed by atoms with van der Waals surface area (Å²) in [7, 11) is 0. The van der Waals surface area contributed by atoms with Gasteiger partial charge in [0.15, 0.2) is 6.10 Å². The monoisotopic (exact) mass is 929 g/mol. The van der Waals surface area contributed by atoms with E-state index in [1.807, 2.05) is 0 Å². The summed E-state index contributed by atoms with van der Waals surface area (Å²) in [5, 5.41) is 0. The summed E-state index contributed by atoms with van der Waals surface area (Å²) < 4.78 is 16.7. The highest BCUT2D eigenvalue weighted by Gasteiger charge is 2.19. The summed E-state index contributed by atoms with van der Waals surface area (Å²) in [5.41, 5.74) is 0. The van der Waals surface area contributed by atoms with Crippen LogP contribution in [0.15, 0.2) is 109 Å². The zero-order valence-corrected chi connectivity index (χ0v) is 43.4. The van der Waals surface area contributed by atoms with Crippen LogP contribution in [0.2, 0.25) is 0 Å². The molecule has 0 saturated heterocycles. The van der Waals surface area contributed by atoms with Gasteiger partial charge in [0.25, 0.3) is 0 Å². The van der Waals surface area contributed by atoms with Crippen LogP contribution in [0.3, 0.4) is 0 Å². The van der Waals surface area contributed by atoms with E-state index in [1.54, 1.807) is 0 Å². The Morgan fingerprint density at radius 2 is 0.612 bits per heavy atom. The maximum Gasteiger partial charge on any atom is 0.306 e.